The molecule has 0 heterocycles. The first-order valence-corrected chi connectivity index (χ1v) is 6.56. The largest absolute Gasteiger partial charge is 0.449 e. The third kappa shape index (κ3) is 4.38. The van der Waals surface area contributed by atoms with Crippen molar-refractivity contribution in [1.29, 1.82) is 5.26 Å². The third-order valence-electron chi connectivity index (χ3n) is 3.30. The Bertz CT molecular complexity index is 559. The summed E-state index contributed by atoms with van der Waals surface area (Å²) in [4.78, 5) is 22.2. The van der Waals surface area contributed by atoms with Crippen molar-refractivity contribution in [2.24, 2.45) is 11.7 Å². The summed E-state index contributed by atoms with van der Waals surface area (Å²) >= 11 is 0. The van der Waals surface area contributed by atoms with E-state index in [-0.39, 0.29) is 18.0 Å². The second-order valence-electron chi connectivity index (χ2n) is 4.95. The molecule has 0 unspecified atom stereocenters. The number of primary amides is 1. The molecule has 0 aromatic heterocycles. The Morgan fingerprint density at radius 1 is 1.33 bits per heavy atom. The van der Waals surface area contributed by atoms with E-state index in [4.69, 9.17) is 15.7 Å². The molecule has 1 saturated carbocycles. The molecule has 4 N–H and O–H groups in total. The van der Waals surface area contributed by atoms with Gasteiger partial charge in [0.25, 0.3) is 0 Å². The lowest BCUT2D eigenvalue weighted by Crippen LogP contribution is -2.47. The van der Waals surface area contributed by atoms with Gasteiger partial charge in [-0.1, -0.05) is 0 Å². The van der Waals surface area contributed by atoms with Crippen LogP contribution < -0.4 is 16.4 Å². The Morgan fingerprint density at radius 3 is 2.57 bits per heavy atom. The van der Waals surface area contributed by atoms with Gasteiger partial charge in [-0.15, -0.1) is 0 Å². The highest BCUT2D eigenvalue weighted by Gasteiger charge is 2.31. The molecule has 7 heteroatoms. The Labute approximate surface area is 122 Å². The van der Waals surface area contributed by atoms with Crippen LogP contribution in [0, 0.1) is 17.2 Å². The predicted octanol–water partition coefficient (Wildman–Crippen LogP) is 1.55. The van der Waals surface area contributed by atoms with E-state index in [0.29, 0.717) is 17.9 Å². The highest BCUT2D eigenvalue weighted by molar-refractivity contribution is 5.89. The van der Waals surface area contributed by atoms with E-state index in [1.165, 1.54) is 0 Å². The fraction of sp³-hybridized carbons (Fsp3) is 0.357. The van der Waals surface area contributed by atoms with Gasteiger partial charge < -0.3 is 21.1 Å². The Balaban J connectivity index is 1.69. The predicted molar refractivity (Wildman–Crippen MR) is 75.4 cm³/mol. The van der Waals surface area contributed by atoms with Gasteiger partial charge in [-0.25, -0.2) is 9.59 Å². The Kier molecular flexibility index (Phi) is 4.61. The number of urea groups is 1. The van der Waals surface area contributed by atoms with E-state index < -0.39 is 6.09 Å². The highest BCUT2D eigenvalue weighted by Crippen LogP contribution is 2.27. The van der Waals surface area contributed by atoms with Gasteiger partial charge in [-0.05, 0) is 43.0 Å². The quantitative estimate of drug-likeness (QED) is 0.779. The molecule has 1 aromatic carbocycles. The van der Waals surface area contributed by atoms with Crippen LogP contribution in [0.3, 0.4) is 0 Å². The van der Waals surface area contributed by atoms with Crippen molar-refractivity contribution in [3.63, 3.8) is 0 Å². The molecule has 21 heavy (non-hydrogen) atoms. The molecule has 0 saturated heterocycles. The first-order valence-electron chi connectivity index (χ1n) is 6.56. The lowest BCUT2D eigenvalue weighted by atomic mass is 9.81. The Hall–Kier alpha value is -2.75. The minimum absolute atomic E-state index is 0.0739. The number of hydrogen-bond acceptors (Lipinski definition) is 4. The summed E-state index contributed by atoms with van der Waals surface area (Å²) in [6.07, 6.45) is 0.743. The SMILES string of the molecule is N#Cc1ccc(NC(=O)N[C@H]2C[C@@H](COC(N)=O)C2)cc1. The molecule has 0 radical (unpaired) electrons. The maximum atomic E-state index is 11.8. The Morgan fingerprint density at radius 2 is 2.00 bits per heavy atom. The molecule has 3 amide bonds. The minimum atomic E-state index is -0.773. The number of nitrogens with two attached hydrogens (primary N) is 1. The lowest BCUT2D eigenvalue weighted by Gasteiger charge is -2.35. The number of anilines is 1. The smallest absolute Gasteiger partial charge is 0.404 e. The number of carbonyl (C=O) groups is 2. The lowest BCUT2D eigenvalue weighted by molar-refractivity contribution is 0.0962. The first kappa shape index (κ1) is 14.7. The summed E-state index contributed by atoms with van der Waals surface area (Å²) in [6.45, 7) is 0.296. The normalized spacial score (nSPS) is 19.8. The maximum absolute atomic E-state index is 11.8. The molecule has 0 bridgehead atoms. The number of nitrogens with zero attached hydrogens (tertiary/aromatic N) is 1. The minimum Gasteiger partial charge on any atom is -0.449 e. The van der Waals surface area contributed by atoms with Crippen LogP contribution in [0.15, 0.2) is 24.3 Å². The van der Waals surface area contributed by atoms with Crippen molar-refractivity contribution in [2.75, 3.05) is 11.9 Å². The molecule has 1 aromatic rings. The van der Waals surface area contributed by atoms with Crippen molar-refractivity contribution in [2.45, 2.75) is 18.9 Å². The van der Waals surface area contributed by atoms with Crippen LogP contribution >= 0.6 is 0 Å². The van der Waals surface area contributed by atoms with E-state index in [2.05, 4.69) is 10.6 Å². The average Bonchev–Trinajstić information content (AvgIpc) is 2.41. The molecule has 2 rings (SSSR count). The zero-order valence-electron chi connectivity index (χ0n) is 11.3. The number of hydrogen-bond donors (Lipinski definition) is 3. The van der Waals surface area contributed by atoms with Crippen molar-refractivity contribution < 1.29 is 14.3 Å². The van der Waals surface area contributed by atoms with Gasteiger partial charge in [-0.2, -0.15) is 5.26 Å². The van der Waals surface area contributed by atoms with E-state index in [9.17, 15) is 9.59 Å². The topological polar surface area (TPSA) is 117 Å². The molecule has 7 nitrogen and oxygen atoms in total. The molecular weight excluding hydrogens is 272 g/mol. The van der Waals surface area contributed by atoms with Gasteiger partial charge >= 0.3 is 12.1 Å². The number of carbonyl (C=O) groups excluding carboxylic acids is 2. The fourth-order valence-electron chi connectivity index (χ4n) is 2.17. The zero-order valence-corrected chi connectivity index (χ0v) is 11.3. The number of nitrogens with one attached hydrogen (secondary N) is 2. The van der Waals surface area contributed by atoms with Crippen LogP contribution in [0.25, 0.3) is 0 Å². The molecule has 0 spiro atoms. The van der Waals surface area contributed by atoms with Gasteiger partial charge in [0.2, 0.25) is 0 Å². The summed E-state index contributed by atoms with van der Waals surface area (Å²) in [6, 6.07) is 8.40. The van der Waals surface area contributed by atoms with Crippen LogP contribution in [0.5, 0.6) is 0 Å². The number of rotatable bonds is 4. The van der Waals surface area contributed by atoms with Crippen LogP contribution in [0.4, 0.5) is 15.3 Å². The average molecular weight is 288 g/mol. The van der Waals surface area contributed by atoms with E-state index in [0.717, 1.165) is 12.8 Å². The zero-order chi connectivity index (χ0) is 15.2. The molecule has 1 aliphatic carbocycles. The summed E-state index contributed by atoms with van der Waals surface area (Å²) in [5, 5.41) is 14.2. The number of amides is 3. The highest BCUT2D eigenvalue weighted by atomic mass is 16.5. The van der Waals surface area contributed by atoms with Crippen LogP contribution in [-0.4, -0.2) is 24.8 Å². The van der Waals surface area contributed by atoms with E-state index >= 15 is 0 Å². The molecule has 0 aliphatic heterocycles. The number of benzene rings is 1. The third-order valence-corrected chi connectivity index (χ3v) is 3.30. The van der Waals surface area contributed by atoms with Crippen molar-refractivity contribution in [3.05, 3.63) is 29.8 Å². The van der Waals surface area contributed by atoms with Crippen molar-refractivity contribution >= 4 is 17.8 Å². The molecule has 1 aliphatic rings. The maximum Gasteiger partial charge on any atom is 0.404 e. The first-order chi connectivity index (χ1) is 10.1. The van der Waals surface area contributed by atoms with E-state index in [1.54, 1.807) is 24.3 Å². The monoisotopic (exact) mass is 288 g/mol. The second kappa shape index (κ2) is 6.61. The van der Waals surface area contributed by atoms with Crippen molar-refractivity contribution in [1.82, 2.24) is 5.32 Å². The van der Waals surface area contributed by atoms with Crippen molar-refractivity contribution in [3.8, 4) is 6.07 Å². The summed E-state index contributed by atoms with van der Waals surface area (Å²) < 4.78 is 4.70. The van der Waals surface area contributed by atoms with Gasteiger partial charge in [-0.3, -0.25) is 0 Å². The fourth-order valence-corrected chi connectivity index (χ4v) is 2.17. The number of nitriles is 1. The summed E-state index contributed by atoms with van der Waals surface area (Å²) in [5.41, 5.74) is 6.04. The summed E-state index contributed by atoms with van der Waals surface area (Å²) in [7, 11) is 0. The van der Waals surface area contributed by atoms with Crippen LogP contribution in [0.2, 0.25) is 0 Å². The van der Waals surface area contributed by atoms with Gasteiger partial charge in [0.15, 0.2) is 0 Å². The second-order valence-corrected chi connectivity index (χ2v) is 4.95. The molecular formula is C14H16N4O3. The molecule has 110 valence electrons. The van der Waals surface area contributed by atoms with Crippen LogP contribution in [0.1, 0.15) is 18.4 Å². The van der Waals surface area contributed by atoms with E-state index in [1.807, 2.05) is 6.07 Å². The summed E-state index contributed by atoms with van der Waals surface area (Å²) in [5.74, 6) is 0.248. The molecule has 0 atom stereocenters. The standard InChI is InChI=1S/C14H16N4O3/c15-7-9-1-3-11(4-2-9)17-14(20)18-12-5-10(6-12)8-21-13(16)19/h1-4,10,12H,5-6,8H2,(H2,16,19)(H2,17,18,20)/t10-,12+. The van der Waals surface area contributed by atoms with Crippen LogP contribution in [-0.2, 0) is 4.74 Å². The molecule has 1 fully saturated rings. The van der Waals surface area contributed by atoms with Gasteiger partial charge in [0.1, 0.15) is 0 Å². The van der Waals surface area contributed by atoms with Gasteiger partial charge in [0.05, 0.1) is 18.2 Å². The number of ether oxygens (including phenoxy) is 1. The van der Waals surface area contributed by atoms with Gasteiger partial charge in [0, 0.05) is 11.7 Å².